The summed E-state index contributed by atoms with van der Waals surface area (Å²) in [6.07, 6.45) is 26.7. The van der Waals surface area contributed by atoms with E-state index in [9.17, 15) is 27.2 Å². The number of halogens is 4. The summed E-state index contributed by atoms with van der Waals surface area (Å²) in [7, 11) is 4.23. The van der Waals surface area contributed by atoms with Gasteiger partial charge in [-0.2, -0.15) is 0 Å². The molecule has 0 rings (SSSR count). The second kappa shape index (κ2) is 32.7. The molecule has 0 spiro atoms. The van der Waals surface area contributed by atoms with Gasteiger partial charge in [-0.25, -0.2) is 17.6 Å². The molecule has 0 atom stereocenters. The van der Waals surface area contributed by atoms with Crippen molar-refractivity contribution < 1.29 is 36.6 Å². The molecule has 0 amide bonds. The second-order valence-electron chi connectivity index (χ2n) is 14.7. The van der Waals surface area contributed by atoms with Crippen LogP contribution >= 0.6 is 0 Å². The molecule has 0 saturated carbocycles. The van der Waals surface area contributed by atoms with Crippen LogP contribution in [-0.4, -0.2) is 62.5 Å². The lowest BCUT2D eigenvalue weighted by Crippen LogP contribution is -2.12. The van der Waals surface area contributed by atoms with Crippen molar-refractivity contribution in [3.63, 3.8) is 0 Å². The lowest BCUT2D eigenvalue weighted by molar-refractivity contribution is -0.143. The van der Waals surface area contributed by atoms with Crippen LogP contribution in [0.1, 0.15) is 181 Å². The Balaban J connectivity index is 4.17. The molecule has 0 aliphatic heterocycles. The molecule has 9 heteroatoms. The molecule has 0 radical (unpaired) electrons. The zero-order chi connectivity index (χ0) is 38.1. The molecule has 5 nitrogen and oxygen atoms in total. The zero-order valence-electron chi connectivity index (χ0n) is 33.0. The molecule has 51 heavy (non-hydrogen) atoms. The molecule has 0 aromatic carbocycles. The van der Waals surface area contributed by atoms with E-state index in [0.717, 1.165) is 102 Å². The summed E-state index contributed by atoms with van der Waals surface area (Å²) < 4.78 is 65.2. The third-order valence-electron chi connectivity index (χ3n) is 9.34. The summed E-state index contributed by atoms with van der Waals surface area (Å²) in [6, 6.07) is 0. The topological polar surface area (TPSA) is 55.8 Å². The maximum Gasteiger partial charge on any atom is 0.306 e. The fourth-order valence-electron chi connectivity index (χ4n) is 6.19. The minimum Gasteiger partial charge on any atom is -0.461 e. The van der Waals surface area contributed by atoms with Crippen LogP contribution in [-0.2, 0) is 19.1 Å². The average molecular weight is 734 g/mol. The first-order chi connectivity index (χ1) is 24.4. The number of nitrogens with zero attached hydrogens (tertiary/aromatic N) is 1. The molecule has 0 aromatic rings. The Kier molecular flexibility index (Phi) is 31.5. The summed E-state index contributed by atoms with van der Waals surface area (Å²) in [5, 5.41) is 0. The third-order valence-corrected chi connectivity index (χ3v) is 9.34. The number of hydrogen-bond acceptors (Lipinski definition) is 5. The van der Waals surface area contributed by atoms with Crippen LogP contribution in [0.25, 0.3) is 0 Å². The van der Waals surface area contributed by atoms with Gasteiger partial charge in [-0.3, -0.25) is 9.59 Å². The number of unbranched alkanes of at least 4 members (excludes halogenated alkanes) is 14. The Morgan fingerprint density at radius 2 is 0.922 bits per heavy atom. The summed E-state index contributed by atoms with van der Waals surface area (Å²) in [5.41, 5.74) is 0. The Labute approximate surface area is 309 Å². The van der Waals surface area contributed by atoms with E-state index in [2.05, 4.69) is 19.0 Å². The first-order valence-corrected chi connectivity index (χ1v) is 20.5. The second-order valence-corrected chi connectivity index (χ2v) is 14.7. The van der Waals surface area contributed by atoms with Crippen molar-refractivity contribution in [3.8, 4) is 0 Å². The first kappa shape index (κ1) is 49.1. The lowest BCUT2D eigenvalue weighted by Gasteiger charge is -2.17. The molecule has 0 N–H and O–H groups in total. The number of rotatable bonds is 36. The minimum absolute atomic E-state index is 0.0990. The highest BCUT2D eigenvalue weighted by atomic mass is 19.3. The van der Waals surface area contributed by atoms with Gasteiger partial charge < -0.3 is 14.4 Å². The van der Waals surface area contributed by atoms with Gasteiger partial charge in [-0.1, -0.05) is 123 Å². The minimum atomic E-state index is -2.84. The number of alkyl halides is 4. The van der Waals surface area contributed by atoms with Crippen molar-refractivity contribution in [1.82, 2.24) is 4.90 Å². The van der Waals surface area contributed by atoms with Gasteiger partial charge in [0, 0.05) is 25.7 Å². The molecular formula is C42H75F4NO4. The van der Waals surface area contributed by atoms with E-state index >= 15 is 0 Å². The predicted molar refractivity (Wildman–Crippen MR) is 204 cm³/mol. The van der Waals surface area contributed by atoms with Crippen molar-refractivity contribution >= 4 is 11.9 Å². The van der Waals surface area contributed by atoms with Crippen LogP contribution in [0.15, 0.2) is 24.3 Å². The third kappa shape index (κ3) is 34.9. The Bertz CT molecular complexity index is 832. The number of carbonyl (C=O) groups is 2. The number of hydrogen-bond donors (Lipinski definition) is 0. The Morgan fingerprint density at radius 3 is 1.31 bits per heavy atom. The van der Waals surface area contributed by atoms with Crippen LogP contribution < -0.4 is 0 Å². The number of allylic oxidation sites excluding steroid dienone is 2. The molecule has 0 heterocycles. The van der Waals surface area contributed by atoms with Crippen molar-refractivity contribution in [2.75, 3.05) is 33.9 Å². The molecule has 0 bridgehead atoms. The quantitative estimate of drug-likeness (QED) is 0.0278. The summed E-state index contributed by atoms with van der Waals surface area (Å²) >= 11 is 0. The molecule has 0 saturated heterocycles. The average Bonchev–Trinajstić information content (AvgIpc) is 3.07. The number of carbonyl (C=O) groups excluding carboxylic acids is 2. The highest BCUT2D eigenvalue weighted by Gasteiger charge is 2.24. The predicted octanol–water partition coefficient (Wildman–Crippen LogP) is 12.8. The van der Waals surface area contributed by atoms with Gasteiger partial charge >= 0.3 is 11.9 Å². The Morgan fingerprint density at radius 1 is 0.549 bits per heavy atom. The SMILES string of the molecule is CCCCCC(F)(F)/C=C\COC(=O)CCCCCCCC(CCCCCCCC(=O)OC/C=C\C(F)(F)CCCCC)CCCCCN(C)C. The molecule has 0 aliphatic carbocycles. The fraction of sp³-hybridized carbons (Fsp3) is 0.857. The highest BCUT2D eigenvalue weighted by Crippen LogP contribution is 2.26. The Hall–Kier alpha value is -1.90. The standard InChI is InChI=1S/C42H75F4NO4/c1-5-7-21-31-41(43,44)33-24-36-50-39(48)29-19-13-9-11-16-26-38(28-18-15-23-35-47(3)4)27-17-12-10-14-20-30-40(49)51-37-25-34-42(45,46)32-22-8-6-2/h24-25,33-34,38H,5-23,26-32,35-37H2,1-4H3/b33-24-,34-25-. The lowest BCUT2D eigenvalue weighted by atomic mass is 9.89. The monoisotopic (exact) mass is 734 g/mol. The fourth-order valence-corrected chi connectivity index (χ4v) is 6.19. The van der Waals surface area contributed by atoms with Gasteiger partial charge in [0.1, 0.15) is 13.2 Å². The first-order valence-electron chi connectivity index (χ1n) is 20.5. The van der Waals surface area contributed by atoms with E-state index in [1.54, 1.807) is 0 Å². The normalized spacial score (nSPS) is 12.6. The van der Waals surface area contributed by atoms with Gasteiger partial charge in [0.05, 0.1) is 0 Å². The van der Waals surface area contributed by atoms with E-state index in [4.69, 9.17) is 9.47 Å². The van der Waals surface area contributed by atoms with E-state index in [0.29, 0.717) is 25.7 Å². The summed E-state index contributed by atoms with van der Waals surface area (Å²) in [6.45, 7) is 4.89. The van der Waals surface area contributed by atoms with Gasteiger partial charge in [-0.05, 0) is 83.0 Å². The summed E-state index contributed by atoms with van der Waals surface area (Å²) in [4.78, 5) is 26.2. The van der Waals surface area contributed by atoms with Crippen LogP contribution in [0.5, 0.6) is 0 Å². The number of esters is 2. The van der Waals surface area contributed by atoms with Gasteiger partial charge in [0.15, 0.2) is 0 Å². The summed E-state index contributed by atoms with van der Waals surface area (Å²) in [5.74, 6) is -5.60. The molecule has 300 valence electrons. The van der Waals surface area contributed by atoms with Crippen molar-refractivity contribution in [2.45, 2.75) is 193 Å². The smallest absolute Gasteiger partial charge is 0.306 e. The maximum absolute atomic E-state index is 13.8. The molecule has 0 aromatic heterocycles. The van der Waals surface area contributed by atoms with E-state index in [-0.39, 0.29) is 38.0 Å². The zero-order valence-corrected chi connectivity index (χ0v) is 33.0. The van der Waals surface area contributed by atoms with Gasteiger partial charge in [0.25, 0.3) is 11.8 Å². The van der Waals surface area contributed by atoms with E-state index in [1.165, 1.54) is 63.5 Å². The van der Waals surface area contributed by atoms with Crippen LogP contribution in [0.3, 0.4) is 0 Å². The molecule has 0 aliphatic rings. The largest absolute Gasteiger partial charge is 0.461 e. The van der Waals surface area contributed by atoms with Crippen LogP contribution in [0, 0.1) is 5.92 Å². The van der Waals surface area contributed by atoms with Gasteiger partial charge in [-0.15, -0.1) is 0 Å². The number of ether oxygens (including phenoxy) is 2. The van der Waals surface area contributed by atoms with Crippen LogP contribution in [0.2, 0.25) is 0 Å². The van der Waals surface area contributed by atoms with E-state index < -0.39 is 11.8 Å². The molecule has 0 unspecified atom stereocenters. The van der Waals surface area contributed by atoms with Crippen molar-refractivity contribution in [1.29, 1.82) is 0 Å². The molecular weight excluding hydrogens is 658 g/mol. The molecule has 0 fully saturated rings. The highest BCUT2D eigenvalue weighted by molar-refractivity contribution is 5.69. The van der Waals surface area contributed by atoms with Gasteiger partial charge in [0.2, 0.25) is 0 Å². The van der Waals surface area contributed by atoms with Crippen LogP contribution in [0.4, 0.5) is 17.6 Å². The van der Waals surface area contributed by atoms with Crippen molar-refractivity contribution in [3.05, 3.63) is 24.3 Å². The van der Waals surface area contributed by atoms with E-state index in [1.807, 2.05) is 13.8 Å². The maximum atomic E-state index is 13.8. The van der Waals surface area contributed by atoms with Crippen molar-refractivity contribution in [2.24, 2.45) is 5.92 Å².